The van der Waals surface area contributed by atoms with Gasteiger partial charge in [-0.15, -0.1) is 16.4 Å². The molecule has 2 heterocycles. The van der Waals surface area contributed by atoms with Crippen LogP contribution < -0.4 is 10.6 Å². The molecule has 0 fully saturated rings. The van der Waals surface area contributed by atoms with Gasteiger partial charge in [0.2, 0.25) is 5.89 Å². The van der Waals surface area contributed by atoms with Crippen LogP contribution in [-0.4, -0.2) is 17.2 Å². The first kappa shape index (κ1) is 12.1. The zero-order valence-electron chi connectivity index (χ0n) is 10.7. The van der Waals surface area contributed by atoms with Crippen molar-refractivity contribution in [1.29, 1.82) is 0 Å². The van der Waals surface area contributed by atoms with Crippen molar-refractivity contribution in [2.75, 3.05) is 12.4 Å². The first-order chi connectivity index (χ1) is 9.26. The minimum atomic E-state index is 0.0439. The Kier molecular flexibility index (Phi) is 3.18. The molecule has 0 amide bonds. The summed E-state index contributed by atoms with van der Waals surface area (Å²) in [5.41, 5.74) is 0.943. The lowest BCUT2D eigenvalue weighted by Gasteiger charge is -2.03. The van der Waals surface area contributed by atoms with Crippen molar-refractivity contribution < 1.29 is 4.42 Å². The minimum absolute atomic E-state index is 0.0439. The number of hydrogen-bond acceptors (Lipinski definition) is 6. The Hall–Kier alpha value is -1.92. The molecular weight excluding hydrogens is 260 g/mol. The summed E-state index contributed by atoms with van der Waals surface area (Å²) in [4.78, 5) is 0. The van der Waals surface area contributed by atoms with E-state index in [1.54, 1.807) is 11.3 Å². The number of hydrogen-bond donors (Lipinski definition) is 2. The van der Waals surface area contributed by atoms with Crippen molar-refractivity contribution >= 4 is 33.1 Å². The van der Waals surface area contributed by atoms with Gasteiger partial charge in [-0.2, -0.15) is 0 Å². The van der Waals surface area contributed by atoms with Crippen LogP contribution in [0.5, 0.6) is 0 Å². The molecule has 0 radical (unpaired) electrons. The van der Waals surface area contributed by atoms with Gasteiger partial charge in [0, 0.05) is 10.4 Å². The van der Waals surface area contributed by atoms with Crippen molar-refractivity contribution in [3.63, 3.8) is 0 Å². The van der Waals surface area contributed by atoms with E-state index in [0.29, 0.717) is 11.9 Å². The Morgan fingerprint density at radius 2 is 2.16 bits per heavy atom. The smallest absolute Gasteiger partial charge is 0.320 e. The molecule has 19 heavy (non-hydrogen) atoms. The molecule has 0 aliphatic rings. The van der Waals surface area contributed by atoms with E-state index in [2.05, 4.69) is 44.4 Å². The molecule has 3 rings (SSSR count). The van der Waals surface area contributed by atoms with Crippen LogP contribution in [0.4, 0.5) is 11.7 Å². The maximum Gasteiger partial charge on any atom is 0.320 e. The highest BCUT2D eigenvalue weighted by atomic mass is 32.1. The molecule has 1 aromatic carbocycles. The maximum absolute atomic E-state index is 5.54. The van der Waals surface area contributed by atoms with E-state index in [1.165, 1.54) is 10.1 Å². The van der Waals surface area contributed by atoms with Crippen LogP contribution in [0.15, 0.2) is 34.1 Å². The van der Waals surface area contributed by atoms with Crippen LogP contribution in [0, 0.1) is 0 Å². The number of benzene rings is 1. The van der Waals surface area contributed by atoms with Gasteiger partial charge < -0.3 is 15.1 Å². The van der Waals surface area contributed by atoms with Gasteiger partial charge in [-0.1, -0.05) is 5.10 Å². The molecule has 6 heteroatoms. The van der Waals surface area contributed by atoms with Crippen molar-refractivity contribution in [3.8, 4) is 0 Å². The molecule has 98 valence electrons. The van der Waals surface area contributed by atoms with Crippen LogP contribution in [0.25, 0.3) is 10.1 Å². The fourth-order valence-electron chi connectivity index (χ4n) is 1.75. The van der Waals surface area contributed by atoms with Gasteiger partial charge in [-0.25, -0.2) is 0 Å². The Labute approximate surface area is 114 Å². The quantitative estimate of drug-likeness (QED) is 0.764. The standard InChI is InChI=1S/C13H14N4OS/c1-8(14-2)12-16-17-13(18-12)15-10-3-4-11-9(7-10)5-6-19-11/h3-8,14H,1-2H3,(H,15,17). The Bertz CT molecular complexity index is 691. The third-order valence-corrected chi connectivity index (χ3v) is 3.85. The second kappa shape index (κ2) is 4.99. The lowest BCUT2D eigenvalue weighted by atomic mass is 10.2. The summed E-state index contributed by atoms with van der Waals surface area (Å²) in [6.45, 7) is 1.97. The number of rotatable bonds is 4. The van der Waals surface area contributed by atoms with E-state index < -0.39 is 0 Å². The molecular formula is C13H14N4OS. The summed E-state index contributed by atoms with van der Waals surface area (Å²) >= 11 is 1.73. The van der Waals surface area contributed by atoms with Gasteiger partial charge in [0.1, 0.15) is 0 Å². The molecule has 2 aromatic heterocycles. The van der Waals surface area contributed by atoms with Crippen LogP contribution in [0.1, 0.15) is 18.9 Å². The number of fused-ring (bicyclic) bond motifs is 1. The van der Waals surface area contributed by atoms with Crippen LogP contribution in [0.2, 0.25) is 0 Å². The molecule has 0 aliphatic carbocycles. The monoisotopic (exact) mass is 274 g/mol. The highest BCUT2D eigenvalue weighted by molar-refractivity contribution is 7.17. The van der Waals surface area contributed by atoms with Crippen LogP contribution >= 0.6 is 11.3 Å². The molecule has 0 spiro atoms. The van der Waals surface area contributed by atoms with E-state index in [4.69, 9.17) is 4.42 Å². The van der Waals surface area contributed by atoms with Crippen LogP contribution in [0.3, 0.4) is 0 Å². The summed E-state index contributed by atoms with van der Waals surface area (Å²) in [6, 6.07) is 8.69. The largest absolute Gasteiger partial charge is 0.406 e. The first-order valence-electron chi connectivity index (χ1n) is 6.01. The maximum atomic E-state index is 5.54. The molecule has 1 atom stereocenters. The summed E-state index contributed by atoms with van der Waals surface area (Å²) in [5, 5.41) is 17.4. The average Bonchev–Trinajstić information content (AvgIpc) is 3.06. The summed E-state index contributed by atoms with van der Waals surface area (Å²) < 4.78 is 6.80. The van der Waals surface area contributed by atoms with Gasteiger partial charge in [-0.3, -0.25) is 0 Å². The SMILES string of the molecule is CNC(C)c1nnc(Nc2ccc3sccc3c2)o1. The van der Waals surface area contributed by atoms with Crippen molar-refractivity contribution in [2.45, 2.75) is 13.0 Å². The zero-order valence-corrected chi connectivity index (χ0v) is 11.5. The Morgan fingerprint density at radius 1 is 1.26 bits per heavy atom. The highest BCUT2D eigenvalue weighted by Crippen LogP contribution is 2.26. The van der Waals surface area contributed by atoms with Crippen molar-refractivity contribution in [2.24, 2.45) is 0 Å². The van der Waals surface area contributed by atoms with Gasteiger partial charge in [0.05, 0.1) is 6.04 Å². The van der Waals surface area contributed by atoms with Gasteiger partial charge >= 0.3 is 6.01 Å². The molecule has 1 unspecified atom stereocenters. The zero-order chi connectivity index (χ0) is 13.2. The second-order valence-electron chi connectivity index (χ2n) is 4.25. The number of aromatic nitrogens is 2. The normalized spacial score (nSPS) is 12.7. The fraction of sp³-hybridized carbons (Fsp3) is 0.231. The van der Waals surface area contributed by atoms with E-state index in [1.807, 2.05) is 20.0 Å². The third kappa shape index (κ3) is 2.45. The lowest BCUT2D eigenvalue weighted by molar-refractivity contribution is 0.443. The number of nitrogens with zero attached hydrogens (tertiary/aromatic N) is 2. The summed E-state index contributed by atoms with van der Waals surface area (Å²) in [5.74, 6) is 0.571. The fourth-order valence-corrected chi connectivity index (χ4v) is 2.52. The first-order valence-corrected chi connectivity index (χ1v) is 6.89. The molecule has 0 saturated heterocycles. The molecule has 2 N–H and O–H groups in total. The van der Waals surface area contributed by atoms with Gasteiger partial charge in [-0.05, 0) is 49.0 Å². The summed E-state index contributed by atoms with van der Waals surface area (Å²) in [6.07, 6.45) is 0. The second-order valence-corrected chi connectivity index (χ2v) is 5.20. The molecule has 5 nitrogen and oxygen atoms in total. The summed E-state index contributed by atoms with van der Waals surface area (Å²) in [7, 11) is 1.85. The lowest BCUT2D eigenvalue weighted by Crippen LogP contribution is -2.12. The number of nitrogens with one attached hydrogen (secondary N) is 2. The predicted molar refractivity (Wildman–Crippen MR) is 76.9 cm³/mol. The van der Waals surface area contributed by atoms with E-state index in [0.717, 1.165) is 5.69 Å². The topological polar surface area (TPSA) is 63.0 Å². The predicted octanol–water partition coefficient (Wildman–Crippen LogP) is 3.31. The Balaban J connectivity index is 1.82. The molecule has 3 aromatic rings. The van der Waals surface area contributed by atoms with E-state index in [-0.39, 0.29) is 6.04 Å². The third-order valence-electron chi connectivity index (χ3n) is 2.95. The van der Waals surface area contributed by atoms with Crippen molar-refractivity contribution in [1.82, 2.24) is 15.5 Å². The number of thiophene rings is 1. The highest BCUT2D eigenvalue weighted by Gasteiger charge is 2.11. The van der Waals surface area contributed by atoms with Crippen LogP contribution in [-0.2, 0) is 0 Å². The molecule has 0 saturated carbocycles. The Morgan fingerprint density at radius 3 is 3.00 bits per heavy atom. The average molecular weight is 274 g/mol. The van der Waals surface area contributed by atoms with E-state index in [9.17, 15) is 0 Å². The van der Waals surface area contributed by atoms with Gasteiger partial charge in [0.25, 0.3) is 0 Å². The van der Waals surface area contributed by atoms with Gasteiger partial charge in [0.15, 0.2) is 0 Å². The molecule has 0 bridgehead atoms. The van der Waals surface area contributed by atoms with E-state index >= 15 is 0 Å². The minimum Gasteiger partial charge on any atom is -0.406 e. The molecule has 0 aliphatic heterocycles. The number of anilines is 2. The van der Waals surface area contributed by atoms with Crippen molar-refractivity contribution in [3.05, 3.63) is 35.5 Å².